The normalized spacial score (nSPS) is 20.2. The Bertz CT molecular complexity index is 756. The van der Waals surface area contributed by atoms with Crippen molar-refractivity contribution in [2.75, 3.05) is 33.4 Å². The van der Waals surface area contributed by atoms with E-state index < -0.39 is 12.0 Å². The van der Waals surface area contributed by atoms with Crippen molar-refractivity contribution in [1.82, 2.24) is 15.5 Å². The molecule has 1 atom stereocenters. The number of rotatable bonds is 6. The van der Waals surface area contributed by atoms with Crippen LogP contribution in [0.4, 0.5) is 4.79 Å². The number of carbonyl (C=O) groups is 2. The molecule has 8 nitrogen and oxygen atoms in total. The Morgan fingerprint density at radius 1 is 1.33 bits per heavy atom. The van der Waals surface area contributed by atoms with E-state index >= 15 is 0 Å². The van der Waals surface area contributed by atoms with Gasteiger partial charge in [0.2, 0.25) is 0 Å². The summed E-state index contributed by atoms with van der Waals surface area (Å²) in [6.45, 7) is 4.53. The molecule has 146 valence electrons. The zero-order chi connectivity index (χ0) is 19.4. The van der Waals surface area contributed by atoms with Crippen molar-refractivity contribution >= 4 is 12.0 Å². The van der Waals surface area contributed by atoms with Crippen molar-refractivity contribution in [3.63, 3.8) is 0 Å². The first-order valence-electron chi connectivity index (χ1n) is 9.10. The molecule has 0 aromatic heterocycles. The van der Waals surface area contributed by atoms with Gasteiger partial charge < -0.3 is 25.2 Å². The lowest BCUT2D eigenvalue weighted by Gasteiger charge is -2.31. The van der Waals surface area contributed by atoms with Crippen molar-refractivity contribution in [2.24, 2.45) is 0 Å². The Morgan fingerprint density at radius 3 is 2.74 bits per heavy atom. The molecule has 2 amide bonds. The van der Waals surface area contributed by atoms with Crippen LogP contribution in [-0.2, 0) is 9.53 Å². The minimum atomic E-state index is -0.691. The fourth-order valence-electron chi connectivity index (χ4n) is 3.49. The van der Waals surface area contributed by atoms with E-state index in [0.717, 1.165) is 25.9 Å². The summed E-state index contributed by atoms with van der Waals surface area (Å²) >= 11 is 0. The number of likely N-dealkylation sites (tertiary alicyclic amines) is 1. The van der Waals surface area contributed by atoms with E-state index in [9.17, 15) is 14.7 Å². The molecule has 2 aliphatic heterocycles. The van der Waals surface area contributed by atoms with Crippen LogP contribution in [0.25, 0.3) is 0 Å². The summed E-state index contributed by atoms with van der Waals surface area (Å²) in [4.78, 5) is 27.0. The Labute approximate surface area is 158 Å². The van der Waals surface area contributed by atoms with Gasteiger partial charge in [-0.3, -0.25) is 4.90 Å². The average molecular weight is 375 g/mol. The van der Waals surface area contributed by atoms with Gasteiger partial charge in [0.25, 0.3) is 0 Å². The van der Waals surface area contributed by atoms with Crippen molar-refractivity contribution < 1.29 is 24.2 Å². The number of esters is 1. The molecule has 0 spiro atoms. The van der Waals surface area contributed by atoms with E-state index in [2.05, 4.69) is 15.5 Å². The summed E-state index contributed by atoms with van der Waals surface area (Å²) in [6.07, 6.45) is 2.21. The molecule has 0 bridgehead atoms. The van der Waals surface area contributed by atoms with Crippen LogP contribution in [0.3, 0.4) is 0 Å². The van der Waals surface area contributed by atoms with E-state index in [1.165, 1.54) is 13.2 Å². The number of carbonyl (C=O) groups excluding carboxylic acids is 2. The molecule has 2 aliphatic rings. The van der Waals surface area contributed by atoms with E-state index in [-0.39, 0.29) is 11.8 Å². The van der Waals surface area contributed by atoms with Gasteiger partial charge in [0.05, 0.1) is 25.3 Å². The number of methoxy groups -OCH3 is 1. The van der Waals surface area contributed by atoms with Crippen molar-refractivity contribution in [2.45, 2.75) is 25.8 Å². The lowest BCUT2D eigenvalue weighted by molar-refractivity contribution is -0.136. The van der Waals surface area contributed by atoms with Crippen LogP contribution < -0.4 is 15.4 Å². The molecule has 1 unspecified atom stereocenters. The van der Waals surface area contributed by atoms with Gasteiger partial charge in [-0.2, -0.15) is 0 Å². The average Bonchev–Trinajstić information content (AvgIpc) is 3.15. The highest BCUT2D eigenvalue weighted by atomic mass is 16.5. The monoisotopic (exact) mass is 375 g/mol. The van der Waals surface area contributed by atoms with Crippen LogP contribution in [0.5, 0.6) is 11.5 Å². The van der Waals surface area contributed by atoms with Crippen LogP contribution in [0.1, 0.15) is 31.4 Å². The molecule has 8 heteroatoms. The largest absolute Gasteiger partial charge is 0.504 e. The summed E-state index contributed by atoms with van der Waals surface area (Å²) in [6, 6.07) is 3.70. The zero-order valence-electron chi connectivity index (χ0n) is 15.6. The minimum absolute atomic E-state index is 0.00162. The maximum atomic E-state index is 12.5. The van der Waals surface area contributed by atoms with Gasteiger partial charge in [0.1, 0.15) is 0 Å². The van der Waals surface area contributed by atoms with Crippen LogP contribution in [0.15, 0.2) is 29.5 Å². The van der Waals surface area contributed by atoms with Crippen LogP contribution in [0, 0.1) is 0 Å². The highest BCUT2D eigenvalue weighted by molar-refractivity contribution is 5.95. The molecule has 1 fully saturated rings. The first kappa shape index (κ1) is 19.0. The lowest BCUT2D eigenvalue weighted by Crippen LogP contribution is -2.48. The van der Waals surface area contributed by atoms with Crippen LogP contribution in [-0.4, -0.2) is 55.4 Å². The number of phenolic OH excluding ortho intramolecular Hbond substituents is 1. The number of aromatic hydroxyl groups is 1. The van der Waals surface area contributed by atoms with E-state index in [4.69, 9.17) is 9.47 Å². The Balaban J connectivity index is 2.01. The molecule has 0 radical (unpaired) electrons. The first-order valence-corrected chi connectivity index (χ1v) is 9.10. The van der Waals surface area contributed by atoms with E-state index in [1.54, 1.807) is 12.1 Å². The Morgan fingerprint density at radius 2 is 2.07 bits per heavy atom. The van der Waals surface area contributed by atoms with Gasteiger partial charge >= 0.3 is 12.0 Å². The van der Waals surface area contributed by atoms with Crippen LogP contribution >= 0.6 is 0 Å². The Hall–Kier alpha value is -2.74. The highest BCUT2D eigenvalue weighted by Crippen LogP contribution is 2.34. The van der Waals surface area contributed by atoms with Crippen molar-refractivity contribution in [3.8, 4) is 11.5 Å². The van der Waals surface area contributed by atoms with Crippen LogP contribution in [0.2, 0.25) is 0 Å². The summed E-state index contributed by atoms with van der Waals surface area (Å²) in [5, 5.41) is 15.5. The number of hydrogen-bond donors (Lipinski definition) is 3. The number of nitrogens with one attached hydrogen (secondary N) is 2. The minimum Gasteiger partial charge on any atom is -0.504 e. The molecule has 27 heavy (non-hydrogen) atoms. The third-order valence-corrected chi connectivity index (χ3v) is 4.76. The van der Waals surface area contributed by atoms with Gasteiger partial charge in [-0.1, -0.05) is 6.07 Å². The molecule has 3 N–H and O–H groups in total. The predicted molar refractivity (Wildman–Crippen MR) is 98.4 cm³/mol. The zero-order valence-corrected chi connectivity index (χ0v) is 15.6. The number of benzene rings is 1. The second-order valence-corrected chi connectivity index (χ2v) is 6.56. The molecule has 0 saturated carbocycles. The quantitative estimate of drug-likeness (QED) is 0.654. The second-order valence-electron chi connectivity index (χ2n) is 6.56. The van der Waals surface area contributed by atoms with Crippen molar-refractivity contribution in [1.29, 1.82) is 0 Å². The number of ether oxygens (including phenoxy) is 2. The summed E-state index contributed by atoms with van der Waals surface area (Å²) in [5.41, 5.74) is 1.53. The fraction of sp³-hybridized carbons (Fsp3) is 0.474. The number of hydrogen-bond acceptors (Lipinski definition) is 6. The maximum Gasteiger partial charge on any atom is 0.338 e. The molecule has 3 rings (SSSR count). The third kappa shape index (κ3) is 4.16. The number of urea groups is 1. The standard InChI is InChI=1S/C19H25N3O5/c1-3-27-15-10-12(6-7-14(15)23)17-16(18(24)26-2)13(20-19(25)21-17)11-22-8-4-5-9-22/h6-7,10,17,23H,3-5,8-9,11H2,1-2H3,(H2,20,21,25). The van der Waals surface area contributed by atoms with Gasteiger partial charge in [-0.15, -0.1) is 0 Å². The SMILES string of the molecule is CCOc1cc(C2NC(=O)NC(CN3CCCC3)=C2C(=O)OC)ccc1O. The molecule has 1 saturated heterocycles. The maximum absolute atomic E-state index is 12.5. The molecular formula is C19H25N3O5. The predicted octanol–water partition coefficient (Wildman–Crippen LogP) is 1.67. The number of nitrogens with zero attached hydrogens (tertiary/aromatic N) is 1. The van der Waals surface area contributed by atoms with Crippen molar-refractivity contribution in [3.05, 3.63) is 35.0 Å². The van der Waals surface area contributed by atoms with Gasteiger partial charge in [-0.25, -0.2) is 9.59 Å². The first-order chi connectivity index (χ1) is 13.0. The summed E-state index contributed by atoms with van der Waals surface area (Å²) < 4.78 is 10.4. The van der Waals surface area contributed by atoms with E-state index in [0.29, 0.717) is 35.7 Å². The molecule has 1 aromatic rings. The van der Waals surface area contributed by atoms with E-state index in [1.807, 2.05) is 6.92 Å². The third-order valence-electron chi connectivity index (χ3n) is 4.76. The fourth-order valence-corrected chi connectivity index (χ4v) is 3.49. The summed E-state index contributed by atoms with van der Waals surface area (Å²) in [5.74, 6) is -0.206. The smallest absolute Gasteiger partial charge is 0.338 e. The van der Waals surface area contributed by atoms with Gasteiger partial charge in [0, 0.05) is 12.2 Å². The molecular weight excluding hydrogens is 350 g/mol. The number of amides is 2. The van der Waals surface area contributed by atoms with Gasteiger partial charge in [-0.05, 0) is 50.6 Å². The second kappa shape index (κ2) is 8.30. The number of phenols is 1. The lowest BCUT2D eigenvalue weighted by atomic mass is 9.94. The molecule has 1 aromatic carbocycles. The summed E-state index contributed by atoms with van der Waals surface area (Å²) in [7, 11) is 1.32. The highest BCUT2D eigenvalue weighted by Gasteiger charge is 2.34. The molecule has 0 aliphatic carbocycles. The molecule has 2 heterocycles. The Kier molecular flexibility index (Phi) is 5.85. The topological polar surface area (TPSA) is 100 Å². The van der Waals surface area contributed by atoms with Gasteiger partial charge in [0.15, 0.2) is 11.5 Å².